The monoisotopic (exact) mass is 396 g/mol. The number of aromatic nitrogens is 1. The molecule has 2 unspecified atom stereocenters. The zero-order valence-electron chi connectivity index (χ0n) is 17.2. The molecular weight excluding hydrogens is 364 g/mol. The summed E-state index contributed by atoms with van der Waals surface area (Å²) in [4.78, 5) is 33.4. The predicted octanol–water partition coefficient (Wildman–Crippen LogP) is 2.06. The van der Waals surface area contributed by atoms with Crippen molar-refractivity contribution < 1.29 is 9.59 Å². The van der Waals surface area contributed by atoms with Gasteiger partial charge in [0.25, 0.3) is 0 Å². The molecule has 5 fully saturated rings. The Morgan fingerprint density at radius 3 is 2.38 bits per heavy atom. The second kappa shape index (κ2) is 7.71. The molecular formula is C23H32N4O2. The molecule has 6 nitrogen and oxygen atoms in total. The standard InChI is InChI=1S/C23H32N4O2/c28-21(14-23-11-18-9-19(12-23)20(10-18)13-23)25-15-22(29)27-7-5-26(6-8-27)16-17-1-3-24-4-2-17/h1-4,18-20H,5-16H2,(H,25,28). The van der Waals surface area contributed by atoms with Crippen LogP contribution in [0.1, 0.15) is 44.1 Å². The first-order chi connectivity index (χ1) is 14.1. The number of rotatable bonds is 6. The van der Waals surface area contributed by atoms with E-state index in [2.05, 4.69) is 15.2 Å². The maximum Gasteiger partial charge on any atom is 0.242 e. The third kappa shape index (κ3) is 4.04. The highest BCUT2D eigenvalue weighted by molar-refractivity contribution is 5.85. The Morgan fingerprint density at radius 2 is 1.72 bits per heavy atom. The van der Waals surface area contributed by atoms with Crippen molar-refractivity contribution in [3.05, 3.63) is 30.1 Å². The molecule has 4 bridgehead atoms. The van der Waals surface area contributed by atoms with Crippen LogP contribution in [0.15, 0.2) is 24.5 Å². The van der Waals surface area contributed by atoms with Crippen molar-refractivity contribution in [1.82, 2.24) is 20.1 Å². The van der Waals surface area contributed by atoms with Gasteiger partial charge in [-0.25, -0.2) is 0 Å². The minimum atomic E-state index is 0.0511. The molecule has 1 aromatic rings. The third-order valence-electron chi connectivity index (χ3n) is 7.90. The maximum atomic E-state index is 12.6. The molecule has 2 amide bonds. The molecule has 5 aliphatic rings. The van der Waals surface area contributed by atoms with E-state index in [4.69, 9.17) is 0 Å². The van der Waals surface area contributed by atoms with Crippen molar-refractivity contribution in [3.63, 3.8) is 0 Å². The first-order valence-electron chi connectivity index (χ1n) is 11.2. The van der Waals surface area contributed by atoms with Gasteiger partial charge in [0.05, 0.1) is 6.54 Å². The molecule has 0 radical (unpaired) electrons. The lowest BCUT2D eigenvalue weighted by molar-refractivity contribution is -0.135. The van der Waals surface area contributed by atoms with Gasteiger partial charge in [-0.15, -0.1) is 0 Å². The van der Waals surface area contributed by atoms with Gasteiger partial charge in [0.2, 0.25) is 11.8 Å². The van der Waals surface area contributed by atoms with Crippen molar-refractivity contribution >= 4 is 11.8 Å². The lowest BCUT2D eigenvalue weighted by atomic mass is 9.67. The van der Waals surface area contributed by atoms with Gasteiger partial charge in [0.15, 0.2) is 0 Å². The van der Waals surface area contributed by atoms with Gasteiger partial charge in [0.1, 0.15) is 0 Å². The summed E-state index contributed by atoms with van der Waals surface area (Å²) in [6.07, 6.45) is 10.8. The first kappa shape index (κ1) is 19.0. The van der Waals surface area contributed by atoms with Gasteiger partial charge >= 0.3 is 0 Å². The molecule has 1 aliphatic heterocycles. The molecule has 156 valence electrons. The predicted molar refractivity (Wildman–Crippen MR) is 110 cm³/mol. The van der Waals surface area contributed by atoms with E-state index in [1.165, 1.54) is 37.7 Å². The van der Waals surface area contributed by atoms with Gasteiger partial charge in [-0.2, -0.15) is 0 Å². The van der Waals surface area contributed by atoms with E-state index in [0.29, 0.717) is 6.42 Å². The summed E-state index contributed by atoms with van der Waals surface area (Å²) in [6.45, 7) is 4.25. The third-order valence-corrected chi connectivity index (χ3v) is 7.90. The summed E-state index contributed by atoms with van der Waals surface area (Å²) in [6, 6.07) is 4.07. The fourth-order valence-corrected chi connectivity index (χ4v) is 6.79. The van der Waals surface area contributed by atoms with Gasteiger partial charge in [0, 0.05) is 51.5 Å². The number of carbonyl (C=O) groups excluding carboxylic acids is 2. The van der Waals surface area contributed by atoms with Crippen molar-refractivity contribution in [1.29, 1.82) is 0 Å². The van der Waals surface area contributed by atoms with Crippen LogP contribution < -0.4 is 5.32 Å². The summed E-state index contributed by atoms with van der Waals surface area (Å²) in [5.41, 5.74) is 1.50. The highest BCUT2D eigenvalue weighted by Gasteiger charge is 2.56. The molecule has 1 N–H and O–H groups in total. The van der Waals surface area contributed by atoms with Crippen LogP contribution >= 0.6 is 0 Å². The van der Waals surface area contributed by atoms with Crippen molar-refractivity contribution in [2.75, 3.05) is 32.7 Å². The molecule has 4 saturated carbocycles. The van der Waals surface area contributed by atoms with Gasteiger partial charge < -0.3 is 10.2 Å². The van der Waals surface area contributed by atoms with Crippen LogP contribution in [0.4, 0.5) is 0 Å². The van der Waals surface area contributed by atoms with Gasteiger partial charge in [-0.05, 0) is 73.0 Å². The molecule has 6 rings (SSSR count). The molecule has 29 heavy (non-hydrogen) atoms. The number of pyridine rings is 1. The minimum absolute atomic E-state index is 0.0511. The fraction of sp³-hybridized carbons (Fsp3) is 0.696. The quantitative estimate of drug-likeness (QED) is 0.799. The molecule has 4 aliphatic carbocycles. The molecule has 1 saturated heterocycles. The number of nitrogens with one attached hydrogen (secondary N) is 1. The summed E-state index contributed by atoms with van der Waals surface area (Å²) >= 11 is 0. The molecule has 2 atom stereocenters. The number of hydrogen-bond acceptors (Lipinski definition) is 4. The zero-order valence-corrected chi connectivity index (χ0v) is 17.2. The average Bonchev–Trinajstić information content (AvgIpc) is 3.13. The summed E-state index contributed by atoms with van der Waals surface area (Å²) in [5, 5.41) is 2.93. The Balaban J connectivity index is 1.04. The Labute approximate surface area is 173 Å². The number of amides is 2. The number of nitrogens with zero attached hydrogens (tertiary/aromatic N) is 3. The van der Waals surface area contributed by atoms with Gasteiger partial charge in [-0.3, -0.25) is 19.5 Å². The van der Waals surface area contributed by atoms with Crippen LogP contribution in [0.3, 0.4) is 0 Å². The number of piperazine rings is 1. The average molecular weight is 397 g/mol. The van der Waals surface area contributed by atoms with Crippen molar-refractivity contribution in [3.8, 4) is 0 Å². The van der Waals surface area contributed by atoms with E-state index in [1.54, 1.807) is 0 Å². The highest BCUT2D eigenvalue weighted by atomic mass is 16.2. The molecule has 1 aromatic heterocycles. The van der Waals surface area contributed by atoms with Crippen LogP contribution in [0.5, 0.6) is 0 Å². The van der Waals surface area contributed by atoms with E-state index in [9.17, 15) is 9.59 Å². The van der Waals surface area contributed by atoms with E-state index in [0.717, 1.165) is 50.5 Å². The zero-order chi connectivity index (χ0) is 19.8. The smallest absolute Gasteiger partial charge is 0.242 e. The Kier molecular flexibility index (Phi) is 5.06. The second-order valence-corrected chi connectivity index (χ2v) is 9.94. The van der Waals surface area contributed by atoms with Crippen LogP contribution in [0.25, 0.3) is 0 Å². The Morgan fingerprint density at radius 1 is 1.03 bits per heavy atom. The van der Waals surface area contributed by atoms with E-state index < -0.39 is 0 Å². The largest absolute Gasteiger partial charge is 0.347 e. The SMILES string of the molecule is O=C(CC12CC3CC(C1)C(C3)C2)NCC(=O)N1CCN(Cc2ccncc2)CC1. The van der Waals surface area contributed by atoms with E-state index in [1.807, 2.05) is 29.4 Å². The molecule has 6 heteroatoms. The second-order valence-electron chi connectivity index (χ2n) is 9.94. The van der Waals surface area contributed by atoms with Gasteiger partial charge in [-0.1, -0.05) is 0 Å². The van der Waals surface area contributed by atoms with Crippen LogP contribution in [-0.4, -0.2) is 59.3 Å². The maximum absolute atomic E-state index is 12.6. The molecule has 2 heterocycles. The fourth-order valence-electron chi connectivity index (χ4n) is 6.79. The Bertz CT molecular complexity index is 740. The first-order valence-corrected chi connectivity index (χ1v) is 11.2. The van der Waals surface area contributed by atoms with E-state index in [-0.39, 0.29) is 23.8 Å². The van der Waals surface area contributed by atoms with Crippen LogP contribution in [-0.2, 0) is 16.1 Å². The van der Waals surface area contributed by atoms with Crippen LogP contribution in [0.2, 0.25) is 0 Å². The van der Waals surface area contributed by atoms with Crippen molar-refractivity contribution in [2.45, 2.75) is 45.1 Å². The lowest BCUT2D eigenvalue weighted by Gasteiger charge is -2.38. The lowest BCUT2D eigenvalue weighted by Crippen LogP contribution is -2.51. The normalized spacial score (nSPS) is 33.2. The Hall–Kier alpha value is -1.95. The van der Waals surface area contributed by atoms with Crippen molar-refractivity contribution in [2.24, 2.45) is 23.2 Å². The number of carbonyl (C=O) groups is 2. The van der Waals surface area contributed by atoms with E-state index >= 15 is 0 Å². The molecule has 0 aromatic carbocycles. The summed E-state index contributed by atoms with van der Waals surface area (Å²) in [5.74, 6) is 2.76. The minimum Gasteiger partial charge on any atom is -0.347 e. The summed E-state index contributed by atoms with van der Waals surface area (Å²) in [7, 11) is 0. The van der Waals surface area contributed by atoms with Crippen LogP contribution in [0, 0.1) is 23.2 Å². The summed E-state index contributed by atoms with van der Waals surface area (Å²) < 4.78 is 0. The topological polar surface area (TPSA) is 65.5 Å². The number of hydrogen-bond donors (Lipinski definition) is 1. The molecule has 0 spiro atoms. The highest BCUT2D eigenvalue weighted by Crippen LogP contribution is 2.65.